The summed E-state index contributed by atoms with van der Waals surface area (Å²) in [6.45, 7) is 4.68. The number of thioether (sulfide) groups is 1. The monoisotopic (exact) mass is 401 g/mol. The molecule has 1 heterocycles. The zero-order valence-electron chi connectivity index (χ0n) is 15.1. The van der Waals surface area contributed by atoms with Crippen LogP contribution in [0.4, 0.5) is 0 Å². The molecule has 0 saturated heterocycles. The number of benzene rings is 2. The van der Waals surface area contributed by atoms with Crippen molar-refractivity contribution < 1.29 is 4.79 Å². The van der Waals surface area contributed by atoms with Crippen LogP contribution in [0.3, 0.4) is 0 Å². The first-order valence-electron chi connectivity index (χ1n) is 8.56. The Kier molecular flexibility index (Phi) is 6.47. The summed E-state index contributed by atoms with van der Waals surface area (Å²) in [6.07, 6.45) is 0. The van der Waals surface area contributed by atoms with Crippen molar-refractivity contribution in [2.75, 3.05) is 5.75 Å². The molecule has 0 fully saturated rings. The van der Waals surface area contributed by atoms with Gasteiger partial charge in [0.2, 0.25) is 11.1 Å². The van der Waals surface area contributed by atoms with Gasteiger partial charge in [-0.15, -0.1) is 5.10 Å². The first-order valence-corrected chi connectivity index (χ1v) is 9.92. The van der Waals surface area contributed by atoms with Gasteiger partial charge in [-0.2, -0.15) is 4.68 Å². The van der Waals surface area contributed by atoms with Gasteiger partial charge in [0.25, 0.3) is 0 Å². The first-order chi connectivity index (χ1) is 13.0. The van der Waals surface area contributed by atoms with E-state index in [0.29, 0.717) is 22.6 Å². The van der Waals surface area contributed by atoms with Gasteiger partial charge in [-0.05, 0) is 45.7 Å². The van der Waals surface area contributed by atoms with Crippen molar-refractivity contribution in [1.82, 2.24) is 25.5 Å². The second kappa shape index (κ2) is 9.01. The van der Waals surface area contributed by atoms with Crippen molar-refractivity contribution in [1.29, 1.82) is 0 Å². The molecule has 140 valence electrons. The number of hydrogen-bond donors (Lipinski definition) is 1. The minimum Gasteiger partial charge on any atom is -0.351 e. The highest BCUT2D eigenvalue weighted by atomic mass is 35.5. The average molecular weight is 402 g/mol. The van der Waals surface area contributed by atoms with Gasteiger partial charge in [-0.3, -0.25) is 4.79 Å². The van der Waals surface area contributed by atoms with Crippen LogP contribution in [0, 0.1) is 0 Å². The number of aromatic nitrogens is 4. The summed E-state index contributed by atoms with van der Waals surface area (Å²) < 4.78 is 1.64. The minimum atomic E-state index is -0.107. The zero-order chi connectivity index (χ0) is 19.2. The molecule has 0 spiro atoms. The number of carbonyl (C=O) groups is 1. The fourth-order valence-corrected chi connectivity index (χ4v) is 3.37. The first kappa shape index (κ1) is 19.4. The Morgan fingerprint density at radius 1 is 1.19 bits per heavy atom. The maximum Gasteiger partial charge on any atom is 0.230 e. The third kappa shape index (κ3) is 5.08. The Bertz CT molecular complexity index is 910. The molecule has 3 rings (SSSR count). The maximum atomic E-state index is 12.1. The topological polar surface area (TPSA) is 72.7 Å². The lowest BCUT2D eigenvalue weighted by atomic mass is 10.0. The predicted molar refractivity (Wildman–Crippen MR) is 107 cm³/mol. The number of amides is 1. The molecular weight excluding hydrogens is 382 g/mol. The fourth-order valence-electron chi connectivity index (χ4n) is 2.45. The predicted octanol–water partition coefficient (Wildman–Crippen LogP) is 3.85. The van der Waals surface area contributed by atoms with Gasteiger partial charge in [0.15, 0.2) is 0 Å². The van der Waals surface area contributed by atoms with Crippen LogP contribution >= 0.6 is 23.4 Å². The van der Waals surface area contributed by atoms with Gasteiger partial charge in [0.05, 0.1) is 11.4 Å². The molecule has 8 heteroatoms. The summed E-state index contributed by atoms with van der Waals surface area (Å²) in [5.41, 5.74) is 3.00. The molecule has 3 aromatic rings. The van der Waals surface area contributed by atoms with Gasteiger partial charge in [0, 0.05) is 11.6 Å². The molecule has 0 bridgehead atoms. The number of hydrogen-bond acceptors (Lipinski definition) is 5. The number of nitrogens with one attached hydrogen (secondary N) is 1. The van der Waals surface area contributed by atoms with Crippen molar-refractivity contribution >= 4 is 29.3 Å². The third-order valence-corrected chi connectivity index (χ3v) is 5.30. The largest absolute Gasteiger partial charge is 0.351 e. The van der Waals surface area contributed by atoms with E-state index in [0.717, 1.165) is 11.3 Å². The summed E-state index contributed by atoms with van der Waals surface area (Å²) in [6, 6.07) is 15.5. The number of halogens is 1. The van der Waals surface area contributed by atoms with Gasteiger partial charge < -0.3 is 5.32 Å². The fraction of sp³-hybridized carbons (Fsp3) is 0.263. The molecule has 27 heavy (non-hydrogen) atoms. The van der Waals surface area contributed by atoms with E-state index in [4.69, 9.17) is 11.6 Å². The number of rotatable bonds is 7. The molecule has 1 aromatic heterocycles. The van der Waals surface area contributed by atoms with Gasteiger partial charge >= 0.3 is 0 Å². The summed E-state index contributed by atoms with van der Waals surface area (Å²) >= 11 is 7.39. The molecule has 2 aromatic carbocycles. The van der Waals surface area contributed by atoms with Crippen LogP contribution in [-0.4, -0.2) is 31.9 Å². The number of nitrogens with zero attached hydrogens (tertiary/aromatic N) is 4. The zero-order valence-corrected chi connectivity index (χ0v) is 16.7. The summed E-state index contributed by atoms with van der Waals surface area (Å²) in [7, 11) is 0. The Balaban J connectivity index is 1.58. The van der Waals surface area contributed by atoms with Gasteiger partial charge in [-0.25, -0.2) is 0 Å². The quantitative estimate of drug-likeness (QED) is 0.609. The lowest BCUT2D eigenvalue weighted by molar-refractivity contribution is -0.118. The van der Waals surface area contributed by atoms with E-state index < -0.39 is 0 Å². The highest BCUT2D eigenvalue weighted by Crippen LogP contribution is 2.21. The van der Waals surface area contributed by atoms with Crippen molar-refractivity contribution in [2.45, 2.75) is 31.5 Å². The smallest absolute Gasteiger partial charge is 0.230 e. The van der Waals surface area contributed by atoms with Crippen LogP contribution in [0.1, 0.15) is 30.9 Å². The molecule has 0 atom stereocenters. The Labute approximate surface area is 167 Å². The third-order valence-electron chi connectivity index (χ3n) is 4.01. The van der Waals surface area contributed by atoms with Crippen LogP contribution in [0.25, 0.3) is 5.69 Å². The highest BCUT2D eigenvalue weighted by Gasteiger charge is 2.12. The minimum absolute atomic E-state index is 0.107. The molecule has 6 nitrogen and oxygen atoms in total. The molecule has 0 saturated carbocycles. The number of tetrazole rings is 1. The van der Waals surface area contributed by atoms with Crippen LogP contribution < -0.4 is 5.32 Å². The van der Waals surface area contributed by atoms with Crippen LogP contribution in [0.15, 0.2) is 53.7 Å². The van der Waals surface area contributed by atoms with E-state index in [1.54, 1.807) is 10.7 Å². The molecule has 0 aliphatic carbocycles. The van der Waals surface area contributed by atoms with Crippen molar-refractivity contribution in [3.05, 3.63) is 64.7 Å². The van der Waals surface area contributed by atoms with E-state index in [1.165, 1.54) is 17.3 Å². The van der Waals surface area contributed by atoms with Crippen molar-refractivity contribution in [3.8, 4) is 5.69 Å². The molecule has 0 aliphatic rings. The molecule has 0 aliphatic heterocycles. The Morgan fingerprint density at radius 2 is 1.93 bits per heavy atom. The van der Waals surface area contributed by atoms with E-state index in [-0.39, 0.29) is 11.7 Å². The summed E-state index contributed by atoms with van der Waals surface area (Å²) in [4.78, 5) is 12.1. The standard InChI is InChI=1S/C19H20ClN5OS/c1-13(2)14-7-9-16(10-8-14)25-19(22-23-24-25)27-12-18(26)21-11-15-5-3-4-6-17(15)20/h3-10,13H,11-12H2,1-2H3,(H,21,26). The Morgan fingerprint density at radius 3 is 2.63 bits per heavy atom. The molecule has 1 N–H and O–H groups in total. The highest BCUT2D eigenvalue weighted by molar-refractivity contribution is 7.99. The van der Waals surface area contributed by atoms with E-state index in [9.17, 15) is 4.79 Å². The van der Waals surface area contributed by atoms with Crippen LogP contribution in [0.2, 0.25) is 5.02 Å². The van der Waals surface area contributed by atoms with E-state index in [2.05, 4.69) is 46.8 Å². The SMILES string of the molecule is CC(C)c1ccc(-n2nnnc2SCC(=O)NCc2ccccc2Cl)cc1. The Hall–Kier alpha value is -2.38. The molecule has 0 radical (unpaired) electrons. The van der Waals surface area contributed by atoms with Gasteiger partial charge in [0.1, 0.15) is 0 Å². The van der Waals surface area contributed by atoms with Crippen molar-refractivity contribution in [2.24, 2.45) is 0 Å². The lowest BCUT2D eigenvalue weighted by Crippen LogP contribution is -2.24. The second-order valence-electron chi connectivity index (χ2n) is 6.28. The van der Waals surface area contributed by atoms with Gasteiger partial charge in [-0.1, -0.05) is 67.5 Å². The molecule has 0 unspecified atom stereocenters. The number of carbonyl (C=O) groups excluding carboxylic acids is 1. The van der Waals surface area contributed by atoms with Crippen LogP contribution in [-0.2, 0) is 11.3 Å². The maximum absolute atomic E-state index is 12.1. The summed E-state index contributed by atoms with van der Waals surface area (Å²) in [5, 5.41) is 15.8. The molecule has 1 amide bonds. The summed E-state index contributed by atoms with van der Waals surface area (Å²) in [5.74, 6) is 0.572. The second-order valence-corrected chi connectivity index (χ2v) is 7.63. The van der Waals surface area contributed by atoms with E-state index in [1.807, 2.05) is 30.3 Å². The van der Waals surface area contributed by atoms with Crippen LogP contribution in [0.5, 0.6) is 0 Å². The van der Waals surface area contributed by atoms with Crippen molar-refractivity contribution in [3.63, 3.8) is 0 Å². The van der Waals surface area contributed by atoms with E-state index >= 15 is 0 Å². The average Bonchev–Trinajstić information content (AvgIpc) is 3.14. The molecular formula is C19H20ClN5OS. The lowest BCUT2D eigenvalue weighted by Gasteiger charge is -2.08. The normalized spacial score (nSPS) is 11.0.